The lowest BCUT2D eigenvalue weighted by Gasteiger charge is -2.17. The third-order valence-electron chi connectivity index (χ3n) is 2.47. The molecule has 0 spiro atoms. The molecular weight excluding hydrogens is 224 g/mol. The number of rotatable bonds is 11. The molecule has 0 aromatic carbocycles. The molecule has 0 aliphatic carbocycles. The van der Waals surface area contributed by atoms with Crippen molar-refractivity contribution in [2.45, 2.75) is 18.3 Å². The van der Waals surface area contributed by atoms with Crippen LogP contribution in [-0.2, 0) is 23.7 Å². The summed E-state index contributed by atoms with van der Waals surface area (Å²) < 4.78 is 26.7. The van der Waals surface area contributed by atoms with E-state index >= 15 is 0 Å². The fourth-order valence-electron chi connectivity index (χ4n) is 1.33. The Morgan fingerprint density at radius 3 is 2.41 bits per heavy atom. The zero-order valence-electron chi connectivity index (χ0n) is 10.0. The normalized spacial score (nSPS) is 27.8. The number of epoxide rings is 2. The number of hydrogen-bond donors (Lipinski definition) is 0. The fraction of sp³-hybridized carbons (Fsp3) is 0.833. The monoisotopic (exact) mass is 244 g/mol. The summed E-state index contributed by atoms with van der Waals surface area (Å²) >= 11 is 0. The summed E-state index contributed by atoms with van der Waals surface area (Å²) in [5, 5.41) is 0. The van der Waals surface area contributed by atoms with Crippen LogP contribution in [0.4, 0.5) is 0 Å². The summed E-state index contributed by atoms with van der Waals surface area (Å²) in [6.45, 7) is 8.06. The minimum Gasteiger partial charge on any atom is -0.376 e. The molecule has 5 heteroatoms. The molecule has 0 saturated carbocycles. The van der Waals surface area contributed by atoms with Crippen molar-refractivity contribution in [3.05, 3.63) is 12.7 Å². The largest absolute Gasteiger partial charge is 0.376 e. The van der Waals surface area contributed by atoms with Gasteiger partial charge in [0.2, 0.25) is 0 Å². The SMILES string of the molecule is C=CCOCC(COCC1CO1)OCC1CO1. The van der Waals surface area contributed by atoms with Crippen molar-refractivity contribution in [2.24, 2.45) is 0 Å². The molecule has 17 heavy (non-hydrogen) atoms. The summed E-state index contributed by atoms with van der Waals surface area (Å²) in [6, 6.07) is 0. The van der Waals surface area contributed by atoms with Gasteiger partial charge in [-0.2, -0.15) is 0 Å². The van der Waals surface area contributed by atoms with Crippen molar-refractivity contribution in [3.63, 3.8) is 0 Å². The maximum atomic E-state index is 5.66. The first-order valence-electron chi connectivity index (χ1n) is 5.99. The smallest absolute Gasteiger partial charge is 0.104 e. The summed E-state index contributed by atoms with van der Waals surface area (Å²) in [5.74, 6) is 0. The van der Waals surface area contributed by atoms with Crippen LogP contribution < -0.4 is 0 Å². The molecule has 2 fully saturated rings. The molecular formula is C12H20O5. The standard InChI is InChI=1S/C12H20O5/c1-2-3-13-4-10(15-8-12-9-17-12)5-14-6-11-7-16-11/h2,10-12H,1,3-9H2. The van der Waals surface area contributed by atoms with Gasteiger partial charge >= 0.3 is 0 Å². The van der Waals surface area contributed by atoms with E-state index in [1.807, 2.05) is 0 Å². The predicted octanol–water partition coefficient (Wildman–Crippen LogP) is 0.388. The second kappa shape index (κ2) is 7.08. The molecule has 0 aromatic rings. The molecule has 0 amide bonds. The second-order valence-corrected chi connectivity index (χ2v) is 4.23. The Morgan fingerprint density at radius 1 is 1.12 bits per heavy atom. The zero-order chi connectivity index (χ0) is 11.9. The first-order chi connectivity index (χ1) is 8.38. The highest BCUT2D eigenvalue weighted by Crippen LogP contribution is 2.12. The van der Waals surface area contributed by atoms with Gasteiger partial charge in [0.25, 0.3) is 0 Å². The highest BCUT2D eigenvalue weighted by atomic mass is 16.6. The molecule has 0 N–H and O–H groups in total. The molecule has 0 aromatic heterocycles. The third kappa shape index (κ3) is 6.14. The Morgan fingerprint density at radius 2 is 1.76 bits per heavy atom. The topological polar surface area (TPSA) is 52.8 Å². The minimum absolute atomic E-state index is 0.0436. The third-order valence-corrected chi connectivity index (χ3v) is 2.47. The lowest BCUT2D eigenvalue weighted by Crippen LogP contribution is -2.28. The summed E-state index contributed by atoms with van der Waals surface area (Å²) in [4.78, 5) is 0. The van der Waals surface area contributed by atoms with Crippen LogP contribution in [-0.4, -0.2) is 64.6 Å². The Balaban J connectivity index is 1.55. The molecule has 2 heterocycles. The molecule has 3 atom stereocenters. The molecule has 3 unspecified atom stereocenters. The Bertz CT molecular complexity index is 225. The lowest BCUT2D eigenvalue weighted by molar-refractivity contribution is -0.0609. The van der Waals surface area contributed by atoms with Gasteiger partial charge in [0.05, 0.1) is 46.2 Å². The average molecular weight is 244 g/mol. The molecule has 2 rings (SSSR count). The Hall–Kier alpha value is -0.460. The molecule has 2 aliphatic rings. The van der Waals surface area contributed by atoms with E-state index < -0.39 is 0 Å². The summed E-state index contributed by atoms with van der Waals surface area (Å²) in [7, 11) is 0. The van der Waals surface area contributed by atoms with E-state index in [0.717, 1.165) is 13.2 Å². The highest BCUT2D eigenvalue weighted by Gasteiger charge is 2.26. The van der Waals surface area contributed by atoms with E-state index in [-0.39, 0.29) is 18.3 Å². The van der Waals surface area contributed by atoms with Gasteiger partial charge in [-0.15, -0.1) is 6.58 Å². The van der Waals surface area contributed by atoms with Crippen LogP contribution in [0, 0.1) is 0 Å². The van der Waals surface area contributed by atoms with Gasteiger partial charge < -0.3 is 23.7 Å². The van der Waals surface area contributed by atoms with Gasteiger partial charge in [-0.05, 0) is 0 Å². The van der Waals surface area contributed by atoms with Gasteiger partial charge in [-0.25, -0.2) is 0 Å². The van der Waals surface area contributed by atoms with Crippen molar-refractivity contribution >= 4 is 0 Å². The van der Waals surface area contributed by atoms with E-state index in [2.05, 4.69) is 6.58 Å². The van der Waals surface area contributed by atoms with E-state index in [4.69, 9.17) is 23.7 Å². The fourth-order valence-corrected chi connectivity index (χ4v) is 1.33. The molecule has 2 saturated heterocycles. The second-order valence-electron chi connectivity index (χ2n) is 4.23. The molecule has 0 bridgehead atoms. The van der Waals surface area contributed by atoms with Crippen LogP contribution in [0.2, 0.25) is 0 Å². The summed E-state index contributed by atoms with van der Waals surface area (Å²) in [6.07, 6.45) is 2.23. The van der Waals surface area contributed by atoms with E-state index in [9.17, 15) is 0 Å². The van der Waals surface area contributed by atoms with Gasteiger partial charge in [-0.1, -0.05) is 6.08 Å². The maximum absolute atomic E-state index is 5.66. The van der Waals surface area contributed by atoms with Crippen LogP contribution in [0.5, 0.6) is 0 Å². The van der Waals surface area contributed by atoms with E-state index in [1.54, 1.807) is 6.08 Å². The van der Waals surface area contributed by atoms with Crippen LogP contribution in [0.1, 0.15) is 0 Å². The van der Waals surface area contributed by atoms with Gasteiger partial charge in [0, 0.05) is 0 Å². The van der Waals surface area contributed by atoms with Crippen molar-refractivity contribution in [2.75, 3.05) is 46.2 Å². The van der Waals surface area contributed by atoms with Crippen LogP contribution >= 0.6 is 0 Å². The average Bonchev–Trinajstić information content (AvgIpc) is 3.18. The molecule has 2 aliphatic heterocycles. The van der Waals surface area contributed by atoms with Crippen LogP contribution in [0.15, 0.2) is 12.7 Å². The highest BCUT2D eigenvalue weighted by molar-refractivity contribution is 4.71. The first kappa shape index (κ1) is 13.0. The van der Waals surface area contributed by atoms with Gasteiger partial charge in [0.15, 0.2) is 0 Å². The van der Waals surface area contributed by atoms with Crippen molar-refractivity contribution in [3.8, 4) is 0 Å². The zero-order valence-corrected chi connectivity index (χ0v) is 10.0. The van der Waals surface area contributed by atoms with E-state index in [0.29, 0.717) is 33.0 Å². The summed E-state index contributed by atoms with van der Waals surface area (Å²) in [5.41, 5.74) is 0. The number of ether oxygens (including phenoxy) is 5. The molecule has 98 valence electrons. The van der Waals surface area contributed by atoms with Crippen molar-refractivity contribution in [1.29, 1.82) is 0 Å². The van der Waals surface area contributed by atoms with Crippen LogP contribution in [0.25, 0.3) is 0 Å². The Kier molecular flexibility index (Phi) is 5.41. The maximum Gasteiger partial charge on any atom is 0.104 e. The first-order valence-corrected chi connectivity index (χ1v) is 5.99. The van der Waals surface area contributed by atoms with Crippen LogP contribution in [0.3, 0.4) is 0 Å². The predicted molar refractivity (Wildman–Crippen MR) is 61.1 cm³/mol. The van der Waals surface area contributed by atoms with Crippen molar-refractivity contribution < 1.29 is 23.7 Å². The van der Waals surface area contributed by atoms with Gasteiger partial charge in [0.1, 0.15) is 18.3 Å². The minimum atomic E-state index is -0.0436. The Labute approximate surface area is 102 Å². The van der Waals surface area contributed by atoms with Crippen molar-refractivity contribution in [1.82, 2.24) is 0 Å². The lowest BCUT2D eigenvalue weighted by atomic mass is 10.4. The van der Waals surface area contributed by atoms with E-state index in [1.165, 1.54) is 0 Å². The quantitative estimate of drug-likeness (QED) is 0.299. The van der Waals surface area contributed by atoms with Gasteiger partial charge in [-0.3, -0.25) is 0 Å². The molecule has 5 nitrogen and oxygen atoms in total. The number of hydrogen-bond acceptors (Lipinski definition) is 5. The molecule has 0 radical (unpaired) electrons.